The first-order valence-corrected chi connectivity index (χ1v) is 13.8. The first kappa shape index (κ1) is 26.4. The Labute approximate surface area is 239 Å². The van der Waals surface area contributed by atoms with E-state index in [4.69, 9.17) is 44.3 Å². The van der Waals surface area contributed by atoms with E-state index in [-0.39, 0.29) is 35.1 Å². The van der Waals surface area contributed by atoms with Crippen LogP contribution >= 0.6 is 34.8 Å². The van der Waals surface area contributed by atoms with E-state index in [1.807, 2.05) is 6.07 Å². The number of nitrogens with one attached hydrogen (secondary N) is 2. The number of ether oxygens (including phenoxy) is 2. The second-order valence-corrected chi connectivity index (χ2v) is 11.3. The monoisotopic (exact) mass is 588 g/mol. The minimum Gasteiger partial charge on any atom is -0.490 e. The number of piperidine rings is 1. The summed E-state index contributed by atoms with van der Waals surface area (Å²) in [6.07, 6.45) is 1.05. The average Bonchev–Trinajstić information content (AvgIpc) is 3.19. The fourth-order valence-electron chi connectivity index (χ4n) is 6.11. The van der Waals surface area contributed by atoms with Gasteiger partial charge < -0.3 is 20.1 Å². The van der Waals surface area contributed by atoms with Gasteiger partial charge in [0.05, 0.1) is 24.3 Å². The number of anilines is 1. The summed E-state index contributed by atoms with van der Waals surface area (Å²) in [5.74, 6) is -1.66. The Bertz CT molecular complexity index is 1480. The SMILES string of the molecule is O=C1CC(c2cccc(Cl)c2)C2(C(=O)Nc3cc(Cl)ccc32)C(c2cc(Cl)c(F)cc2OC2CCOCC2)N1. The van der Waals surface area contributed by atoms with Gasteiger partial charge in [0.2, 0.25) is 11.8 Å². The number of carbonyl (C=O) groups excluding carboxylic acids is 2. The van der Waals surface area contributed by atoms with Crippen molar-refractivity contribution in [3.05, 3.63) is 92.2 Å². The van der Waals surface area contributed by atoms with Crippen LogP contribution < -0.4 is 15.4 Å². The Hall–Kier alpha value is -2.84. The molecule has 39 heavy (non-hydrogen) atoms. The highest BCUT2D eigenvalue weighted by Gasteiger charge is 2.61. The summed E-state index contributed by atoms with van der Waals surface area (Å²) in [6.45, 7) is 1.04. The number of hydrogen-bond donors (Lipinski definition) is 2. The molecule has 2 amide bonds. The molecule has 3 atom stereocenters. The maximum Gasteiger partial charge on any atom is 0.238 e. The number of fused-ring (bicyclic) bond motifs is 2. The highest BCUT2D eigenvalue weighted by molar-refractivity contribution is 6.31. The molecule has 3 heterocycles. The minimum absolute atomic E-state index is 0.0252. The summed E-state index contributed by atoms with van der Waals surface area (Å²) in [4.78, 5) is 27.5. The third-order valence-corrected chi connectivity index (χ3v) is 8.59. The molecule has 3 aromatic rings. The van der Waals surface area contributed by atoms with Gasteiger partial charge in [-0.05, 0) is 41.5 Å². The number of rotatable bonds is 4. The molecule has 1 spiro atoms. The number of benzene rings is 3. The lowest BCUT2D eigenvalue weighted by atomic mass is 9.59. The van der Waals surface area contributed by atoms with Crippen LogP contribution in [0.4, 0.5) is 10.1 Å². The highest BCUT2D eigenvalue weighted by atomic mass is 35.5. The average molecular weight is 590 g/mol. The fourth-order valence-corrected chi connectivity index (χ4v) is 6.66. The molecule has 10 heteroatoms. The fraction of sp³-hybridized carbons (Fsp3) is 0.310. The maximum atomic E-state index is 14.8. The standard InChI is InChI=1S/C29H24Cl3FN2O4/c30-16-3-1-2-15(10-16)21-13-26(36)35-27(29(21)20-5-4-17(31)11-24(20)34-28(29)37)19-12-22(32)23(33)14-25(19)39-18-6-8-38-9-7-18/h1-5,10-12,14,18,21,27H,6-9,13H2,(H,34,37)(H,35,36). The Morgan fingerprint density at radius 3 is 2.51 bits per heavy atom. The summed E-state index contributed by atoms with van der Waals surface area (Å²) in [6, 6.07) is 14.1. The smallest absolute Gasteiger partial charge is 0.238 e. The van der Waals surface area contributed by atoms with Crippen LogP contribution in [0.5, 0.6) is 5.75 Å². The van der Waals surface area contributed by atoms with Crippen molar-refractivity contribution in [2.45, 2.75) is 42.7 Å². The summed E-state index contributed by atoms with van der Waals surface area (Å²) < 4.78 is 26.6. The summed E-state index contributed by atoms with van der Waals surface area (Å²) in [5, 5.41) is 6.81. The zero-order valence-corrected chi connectivity index (χ0v) is 22.9. The summed E-state index contributed by atoms with van der Waals surface area (Å²) in [5.41, 5.74) is 0.990. The van der Waals surface area contributed by atoms with Gasteiger partial charge in [0.1, 0.15) is 23.1 Å². The van der Waals surface area contributed by atoms with Crippen molar-refractivity contribution in [2.24, 2.45) is 0 Å². The van der Waals surface area contributed by atoms with Crippen molar-refractivity contribution < 1.29 is 23.5 Å². The number of amides is 2. The van der Waals surface area contributed by atoms with E-state index in [1.165, 1.54) is 12.1 Å². The number of halogens is 4. The predicted molar refractivity (Wildman–Crippen MR) is 147 cm³/mol. The molecule has 6 rings (SSSR count). The van der Waals surface area contributed by atoms with Crippen LogP contribution in [0, 0.1) is 5.82 Å². The second kappa shape index (κ2) is 10.3. The summed E-state index contributed by atoms with van der Waals surface area (Å²) >= 11 is 19.0. The molecule has 202 valence electrons. The maximum absolute atomic E-state index is 14.8. The Kier molecular flexibility index (Phi) is 6.96. The van der Waals surface area contributed by atoms with Crippen LogP contribution in [-0.2, 0) is 19.7 Å². The largest absolute Gasteiger partial charge is 0.490 e. The molecule has 2 N–H and O–H groups in total. The molecule has 0 aliphatic carbocycles. The molecule has 2 fully saturated rings. The van der Waals surface area contributed by atoms with E-state index in [2.05, 4.69) is 10.6 Å². The van der Waals surface area contributed by atoms with E-state index in [0.717, 1.165) is 5.56 Å². The number of carbonyl (C=O) groups is 2. The van der Waals surface area contributed by atoms with Crippen molar-refractivity contribution in [1.82, 2.24) is 5.32 Å². The molecular formula is C29H24Cl3FN2O4. The molecular weight excluding hydrogens is 566 g/mol. The van der Waals surface area contributed by atoms with E-state index in [0.29, 0.717) is 52.9 Å². The topological polar surface area (TPSA) is 76.7 Å². The van der Waals surface area contributed by atoms with Gasteiger partial charge >= 0.3 is 0 Å². The van der Waals surface area contributed by atoms with Crippen LogP contribution in [-0.4, -0.2) is 31.1 Å². The van der Waals surface area contributed by atoms with Gasteiger partial charge in [0.25, 0.3) is 0 Å². The molecule has 2 saturated heterocycles. The Balaban J connectivity index is 1.59. The van der Waals surface area contributed by atoms with Gasteiger partial charge in [-0.25, -0.2) is 4.39 Å². The zero-order valence-electron chi connectivity index (χ0n) is 20.6. The molecule has 0 radical (unpaired) electrons. The van der Waals surface area contributed by atoms with Crippen molar-refractivity contribution in [3.8, 4) is 5.75 Å². The van der Waals surface area contributed by atoms with Crippen molar-refractivity contribution in [3.63, 3.8) is 0 Å². The molecule has 6 nitrogen and oxygen atoms in total. The summed E-state index contributed by atoms with van der Waals surface area (Å²) in [7, 11) is 0. The van der Waals surface area contributed by atoms with Gasteiger partial charge in [-0.15, -0.1) is 0 Å². The molecule has 3 aliphatic rings. The van der Waals surface area contributed by atoms with E-state index < -0.39 is 23.2 Å². The van der Waals surface area contributed by atoms with Crippen molar-refractivity contribution in [1.29, 1.82) is 0 Å². The van der Waals surface area contributed by atoms with Gasteiger partial charge in [-0.3, -0.25) is 9.59 Å². The van der Waals surface area contributed by atoms with Gasteiger partial charge in [0.15, 0.2) is 0 Å². The third kappa shape index (κ3) is 4.55. The van der Waals surface area contributed by atoms with Gasteiger partial charge in [-0.1, -0.05) is 53.0 Å². The minimum atomic E-state index is -1.34. The molecule has 3 aromatic carbocycles. The lowest BCUT2D eigenvalue weighted by Crippen LogP contribution is -2.57. The van der Waals surface area contributed by atoms with Crippen LogP contribution in [0.2, 0.25) is 15.1 Å². The van der Waals surface area contributed by atoms with Crippen LogP contribution in [0.3, 0.4) is 0 Å². The van der Waals surface area contributed by atoms with Crippen LogP contribution in [0.25, 0.3) is 0 Å². The normalized spacial score (nSPS) is 24.8. The molecule has 0 aromatic heterocycles. The zero-order chi connectivity index (χ0) is 27.3. The highest BCUT2D eigenvalue weighted by Crippen LogP contribution is 2.58. The quantitative estimate of drug-likeness (QED) is 0.361. The Morgan fingerprint density at radius 1 is 0.974 bits per heavy atom. The first-order valence-electron chi connectivity index (χ1n) is 12.7. The number of hydrogen-bond acceptors (Lipinski definition) is 4. The molecule has 0 saturated carbocycles. The Morgan fingerprint density at radius 2 is 1.74 bits per heavy atom. The van der Waals surface area contributed by atoms with E-state index >= 15 is 0 Å². The van der Waals surface area contributed by atoms with Gasteiger partial charge in [0, 0.05) is 52.5 Å². The lowest BCUT2D eigenvalue weighted by molar-refractivity contribution is -0.131. The van der Waals surface area contributed by atoms with Crippen LogP contribution in [0.1, 0.15) is 47.9 Å². The first-order chi connectivity index (χ1) is 18.8. The predicted octanol–water partition coefficient (Wildman–Crippen LogP) is 6.58. The molecule has 3 aliphatic heterocycles. The third-order valence-electron chi connectivity index (χ3n) is 7.83. The second-order valence-electron chi connectivity index (χ2n) is 10.1. The molecule has 3 unspecified atom stereocenters. The lowest BCUT2D eigenvalue weighted by Gasteiger charge is -2.46. The van der Waals surface area contributed by atoms with Crippen LogP contribution in [0.15, 0.2) is 54.6 Å². The van der Waals surface area contributed by atoms with Gasteiger partial charge in [-0.2, -0.15) is 0 Å². The molecule has 0 bridgehead atoms. The van der Waals surface area contributed by atoms with Crippen molar-refractivity contribution in [2.75, 3.05) is 18.5 Å². The van der Waals surface area contributed by atoms with E-state index in [1.54, 1.807) is 36.4 Å². The van der Waals surface area contributed by atoms with E-state index in [9.17, 15) is 14.0 Å². The van der Waals surface area contributed by atoms with Crippen molar-refractivity contribution >= 4 is 52.3 Å².